The number of hydrogen-bond donors (Lipinski definition) is 2. The van der Waals surface area contributed by atoms with Gasteiger partial charge in [0.15, 0.2) is 0 Å². The van der Waals surface area contributed by atoms with E-state index in [9.17, 15) is 13.2 Å². The van der Waals surface area contributed by atoms with Crippen LogP contribution in [0.5, 0.6) is 0 Å². The summed E-state index contributed by atoms with van der Waals surface area (Å²) in [6.07, 6.45) is 2.78. The Morgan fingerprint density at radius 3 is 1.89 bits per heavy atom. The van der Waals surface area contributed by atoms with Crippen molar-refractivity contribution < 1.29 is 13.2 Å². The molecule has 27 heavy (non-hydrogen) atoms. The summed E-state index contributed by atoms with van der Waals surface area (Å²) in [4.78, 5) is 12.6. The van der Waals surface area contributed by atoms with E-state index in [1.807, 2.05) is 24.3 Å². The number of anilines is 1. The van der Waals surface area contributed by atoms with Crippen LogP contribution in [0.2, 0.25) is 0 Å². The first-order valence-corrected chi connectivity index (χ1v) is 11.2. The second-order valence-electron chi connectivity index (χ2n) is 9.60. The lowest BCUT2D eigenvalue weighted by atomic mass is 9.85. The molecule has 1 aliphatic rings. The Bertz CT molecular complexity index is 748. The zero-order valence-electron chi connectivity index (χ0n) is 17.4. The molecule has 0 heterocycles. The Kier molecular flexibility index (Phi) is 6.42. The van der Waals surface area contributed by atoms with E-state index >= 15 is 0 Å². The van der Waals surface area contributed by atoms with Crippen LogP contribution >= 0.6 is 0 Å². The fourth-order valence-corrected chi connectivity index (χ4v) is 4.20. The van der Waals surface area contributed by atoms with Crippen molar-refractivity contribution in [3.05, 3.63) is 29.8 Å². The van der Waals surface area contributed by atoms with Crippen LogP contribution in [-0.2, 0) is 20.2 Å². The lowest BCUT2D eigenvalue weighted by Crippen LogP contribution is -2.46. The Labute approximate surface area is 164 Å². The predicted octanol–water partition coefficient (Wildman–Crippen LogP) is 4.20. The fraction of sp³-hybridized carbons (Fsp3) is 0.667. The molecule has 0 aromatic heterocycles. The van der Waals surface area contributed by atoms with Crippen LogP contribution < -0.4 is 10.0 Å². The third-order valence-corrected chi connectivity index (χ3v) is 7.50. The van der Waals surface area contributed by atoms with E-state index in [2.05, 4.69) is 30.8 Å². The molecule has 0 saturated heterocycles. The van der Waals surface area contributed by atoms with Gasteiger partial charge >= 0.3 is 0 Å². The van der Waals surface area contributed by atoms with Gasteiger partial charge in [-0.05, 0) is 69.6 Å². The molecule has 5 nitrogen and oxygen atoms in total. The minimum Gasteiger partial charge on any atom is -0.326 e. The van der Waals surface area contributed by atoms with Crippen LogP contribution in [-0.4, -0.2) is 25.1 Å². The molecule has 1 fully saturated rings. The molecule has 1 aromatic rings. The minimum absolute atomic E-state index is 0.0237. The quantitative estimate of drug-likeness (QED) is 0.804. The average molecular weight is 395 g/mol. The van der Waals surface area contributed by atoms with Crippen molar-refractivity contribution in [1.29, 1.82) is 0 Å². The molecule has 1 amide bonds. The Balaban J connectivity index is 1.88. The van der Waals surface area contributed by atoms with E-state index in [0.29, 0.717) is 25.7 Å². The molecule has 2 rings (SSSR count). The smallest absolute Gasteiger partial charge is 0.227 e. The number of carbonyl (C=O) groups is 1. The van der Waals surface area contributed by atoms with Gasteiger partial charge in [-0.1, -0.05) is 32.9 Å². The average Bonchev–Trinajstić information content (AvgIpc) is 2.53. The zero-order valence-corrected chi connectivity index (χ0v) is 18.2. The van der Waals surface area contributed by atoms with Crippen LogP contribution in [0.4, 0.5) is 5.69 Å². The summed E-state index contributed by atoms with van der Waals surface area (Å²) in [6, 6.07) is 7.91. The fourth-order valence-electron chi connectivity index (χ4n) is 3.17. The number of amides is 1. The predicted molar refractivity (Wildman–Crippen MR) is 111 cm³/mol. The van der Waals surface area contributed by atoms with Crippen LogP contribution in [0, 0.1) is 5.92 Å². The lowest BCUT2D eigenvalue weighted by molar-refractivity contribution is -0.120. The van der Waals surface area contributed by atoms with Crippen LogP contribution in [0.1, 0.15) is 72.8 Å². The first kappa shape index (κ1) is 21.9. The van der Waals surface area contributed by atoms with E-state index in [1.165, 1.54) is 5.56 Å². The molecule has 0 radical (unpaired) electrons. The highest BCUT2D eigenvalue weighted by Gasteiger charge is 2.34. The summed E-state index contributed by atoms with van der Waals surface area (Å²) in [5.41, 5.74) is 2.12. The van der Waals surface area contributed by atoms with Gasteiger partial charge in [-0.25, -0.2) is 13.1 Å². The maximum absolute atomic E-state index is 12.6. The standard InChI is InChI=1S/C21H34N2O3S/c1-20(2,3)16-9-13-17(14-10-16)22-19(24)15-7-11-18(12-8-15)23-27(25,26)21(4,5)6/h9-10,13-15,18,23H,7-8,11-12H2,1-6H3,(H,22,24)/t15-,18-. The largest absolute Gasteiger partial charge is 0.326 e. The number of rotatable bonds is 4. The number of hydrogen-bond acceptors (Lipinski definition) is 3. The molecule has 0 aliphatic heterocycles. The highest BCUT2D eigenvalue weighted by atomic mass is 32.2. The Morgan fingerprint density at radius 1 is 0.926 bits per heavy atom. The van der Waals surface area contributed by atoms with Gasteiger partial charge in [-0.3, -0.25) is 4.79 Å². The van der Waals surface area contributed by atoms with Gasteiger partial charge in [-0.15, -0.1) is 0 Å². The monoisotopic (exact) mass is 394 g/mol. The number of carbonyl (C=O) groups excluding carboxylic acids is 1. The Morgan fingerprint density at radius 2 is 1.44 bits per heavy atom. The van der Waals surface area contributed by atoms with E-state index in [-0.39, 0.29) is 23.3 Å². The van der Waals surface area contributed by atoms with E-state index in [4.69, 9.17) is 0 Å². The van der Waals surface area contributed by atoms with Crippen molar-refractivity contribution >= 4 is 21.6 Å². The molecule has 2 N–H and O–H groups in total. The van der Waals surface area contributed by atoms with Crippen molar-refractivity contribution in [3.8, 4) is 0 Å². The van der Waals surface area contributed by atoms with E-state index < -0.39 is 14.8 Å². The van der Waals surface area contributed by atoms with Gasteiger partial charge in [0, 0.05) is 17.6 Å². The molecule has 1 saturated carbocycles. The lowest BCUT2D eigenvalue weighted by Gasteiger charge is -2.30. The molecule has 6 heteroatoms. The van der Waals surface area contributed by atoms with E-state index in [0.717, 1.165) is 5.69 Å². The highest BCUT2D eigenvalue weighted by molar-refractivity contribution is 7.90. The number of nitrogens with one attached hydrogen (secondary N) is 2. The number of benzene rings is 1. The summed E-state index contributed by atoms with van der Waals surface area (Å²) in [6.45, 7) is 11.6. The van der Waals surface area contributed by atoms with Gasteiger partial charge in [-0.2, -0.15) is 0 Å². The molecule has 1 aliphatic carbocycles. The molecule has 1 aromatic carbocycles. The van der Waals surface area contributed by atoms with Crippen molar-refractivity contribution in [1.82, 2.24) is 4.72 Å². The van der Waals surface area contributed by atoms with Crippen LogP contribution in [0.15, 0.2) is 24.3 Å². The van der Waals surface area contributed by atoms with Crippen molar-refractivity contribution in [2.75, 3.05) is 5.32 Å². The van der Waals surface area contributed by atoms with E-state index in [1.54, 1.807) is 20.8 Å². The van der Waals surface area contributed by atoms with Gasteiger partial charge < -0.3 is 5.32 Å². The molecule has 0 bridgehead atoms. The second kappa shape index (κ2) is 7.92. The third kappa shape index (κ3) is 5.79. The Hall–Kier alpha value is -1.40. The van der Waals surface area contributed by atoms with Gasteiger partial charge in [0.2, 0.25) is 15.9 Å². The second-order valence-corrected chi connectivity index (χ2v) is 12.1. The SMILES string of the molecule is CC(C)(C)c1ccc(NC(=O)[C@H]2CC[C@H](NS(=O)(=O)C(C)(C)C)CC2)cc1. The summed E-state index contributed by atoms with van der Waals surface area (Å²) in [5, 5.41) is 3.00. The van der Waals surface area contributed by atoms with Crippen LogP contribution in [0.3, 0.4) is 0 Å². The molecular weight excluding hydrogens is 360 g/mol. The number of sulfonamides is 1. The minimum atomic E-state index is -3.35. The first-order valence-electron chi connectivity index (χ1n) is 9.73. The first-order chi connectivity index (χ1) is 12.3. The maximum Gasteiger partial charge on any atom is 0.227 e. The van der Waals surface area contributed by atoms with Gasteiger partial charge in [0.25, 0.3) is 0 Å². The zero-order chi connectivity index (χ0) is 20.5. The third-order valence-electron chi connectivity index (χ3n) is 5.24. The summed E-state index contributed by atoms with van der Waals surface area (Å²) in [5.74, 6) is -0.0432. The molecule has 0 unspecified atom stereocenters. The maximum atomic E-state index is 12.6. The van der Waals surface area contributed by atoms with Gasteiger partial charge in [0.1, 0.15) is 0 Å². The van der Waals surface area contributed by atoms with Crippen LogP contribution in [0.25, 0.3) is 0 Å². The van der Waals surface area contributed by atoms with Crippen molar-refractivity contribution in [3.63, 3.8) is 0 Å². The topological polar surface area (TPSA) is 75.3 Å². The van der Waals surface area contributed by atoms with Crippen molar-refractivity contribution in [2.24, 2.45) is 5.92 Å². The highest BCUT2D eigenvalue weighted by Crippen LogP contribution is 2.28. The normalized spacial score (nSPS) is 21.7. The molecule has 0 atom stereocenters. The summed E-state index contributed by atoms with van der Waals surface area (Å²) < 4.78 is 26.6. The molecule has 0 spiro atoms. The molecular formula is C21H34N2O3S. The summed E-state index contributed by atoms with van der Waals surface area (Å²) in [7, 11) is -3.35. The summed E-state index contributed by atoms with van der Waals surface area (Å²) >= 11 is 0. The van der Waals surface area contributed by atoms with Crippen molar-refractivity contribution in [2.45, 2.75) is 83.4 Å². The molecule has 152 valence electrons. The van der Waals surface area contributed by atoms with Gasteiger partial charge in [0.05, 0.1) is 4.75 Å².